The van der Waals surface area contributed by atoms with Crippen LogP contribution in [0.4, 0.5) is 0 Å². The van der Waals surface area contributed by atoms with E-state index in [2.05, 4.69) is 24.3 Å². The third kappa shape index (κ3) is 25.7. The van der Waals surface area contributed by atoms with Crippen LogP contribution in [-0.4, -0.2) is 19.6 Å². The van der Waals surface area contributed by atoms with Crippen molar-refractivity contribution >= 4 is 0 Å². The lowest BCUT2D eigenvalue weighted by atomic mass is 10.5. The molecule has 0 aromatic heterocycles. The molecule has 0 atom stereocenters. The van der Waals surface area contributed by atoms with Gasteiger partial charge in [0.2, 0.25) is 0 Å². The van der Waals surface area contributed by atoms with Gasteiger partial charge >= 0.3 is 0 Å². The first kappa shape index (κ1) is 12.3. The lowest BCUT2D eigenvalue weighted by molar-refractivity contribution is 0.762. The Morgan fingerprint density at radius 2 is 1.70 bits per heavy atom. The van der Waals surface area contributed by atoms with E-state index in [0.717, 1.165) is 19.5 Å². The van der Waals surface area contributed by atoms with Gasteiger partial charge in [-0.15, -0.1) is 0 Å². The van der Waals surface area contributed by atoms with Gasteiger partial charge < -0.3 is 5.32 Å². The number of hydrogen-bond donors (Lipinski definition) is 1. The molecule has 0 saturated heterocycles. The summed E-state index contributed by atoms with van der Waals surface area (Å²) in [5.41, 5.74) is 0. The van der Waals surface area contributed by atoms with Gasteiger partial charge in [0.1, 0.15) is 0 Å². The molecule has 0 rings (SSSR count). The van der Waals surface area contributed by atoms with Gasteiger partial charge in [-0.1, -0.05) is 25.9 Å². The Bertz CT molecular complexity index is 55.6. The predicted molar refractivity (Wildman–Crippen MR) is 45.2 cm³/mol. The minimum atomic E-state index is 0.458. The number of nitrogens with zero attached hydrogens (tertiary/aromatic N) is 1. The molecule has 0 aromatic carbocycles. The molecule has 10 heavy (non-hydrogen) atoms. The van der Waals surface area contributed by atoms with Crippen LogP contribution >= 0.6 is 0 Å². The van der Waals surface area contributed by atoms with E-state index in [1.165, 1.54) is 0 Å². The van der Waals surface area contributed by atoms with Crippen LogP contribution < -0.4 is 5.32 Å². The highest BCUT2D eigenvalue weighted by Crippen LogP contribution is 1.71. The molecule has 0 aliphatic carbocycles. The summed E-state index contributed by atoms with van der Waals surface area (Å²) in [6.45, 7) is 8.77. The zero-order valence-electron chi connectivity index (χ0n) is 7.18. The highest BCUT2D eigenvalue weighted by molar-refractivity contribution is 4.31. The summed E-state index contributed by atoms with van der Waals surface area (Å²) in [4.78, 5) is 9.15. The summed E-state index contributed by atoms with van der Waals surface area (Å²) in [6.07, 6.45) is 0.865. The fraction of sp³-hybridized carbons (Fsp3) is 1.00. The smallest absolute Gasteiger partial charge is 0.0808 e. The van der Waals surface area contributed by atoms with E-state index in [1.54, 1.807) is 0 Å². The van der Waals surface area contributed by atoms with Gasteiger partial charge in [-0.2, -0.15) is 4.91 Å². The fourth-order valence-electron chi connectivity index (χ4n) is 0.341. The average Bonchev–Trinajstić information content (AvgIpc) is 1.93. The van der Waals surface area contributed by atoms with Crippen LogP contribution in [0.2, 0.25) is 0 Å². The molecule has 0 amide bonds. The first-order chi connectivity index (χ1) is 4.83. The lowest BCUT2D eigenvalue weighted by Gasteiger charge is -1.86. The van der Waals surface area contributed by atoms with Crippen molar-refractivity contribution in [1.82, 2.24) is 5.32 Å². The highest BCUT2D eigenvalue weighted by atomic mass is 16.3. The van der Waals surface area contributed by atoms with Crippen molar-refractivity contribution in [3.63, 3.8) is 0 Å². The number of nitrogens with one attached hydrogen (secondary N) is 1. The molecule has 0 fully saturated rings. The quantitative estimate of drug-likeness (QED) is 0.614. The minimum absolute atomic E-state index is 0.458. The van der Waals surface area contributed by atoms with Gasteiger partial charge in [0.05, 0.1) is 6.54 Å². The molecule has 0 saturated carbocycles. The molecule has 0 unspecified atom stereocenters. The molecule has 0 spiro atoms. The third-order valence-electron chi connectivity index (χ3n) is 0.815. The van der Waals surface area contributed by atoms with Crippen LogP contribution in [0.1, 0.15) is 27.2 Å². The lowest BCUT2D eigenvalue weighted by Crippen LogP contribution is -2.09. The van der Waals surface area contributed by atoms with E-state index >= 15 is 0 Å². The van der Waals surface area contributed by atoms with E-state index in [4.69, 9.17) is 4.91 Å². The van der Waals surface area contributed by atoms with Crippen LogP contribution in [0.3, 0.4) is 0 Å². The summed E-state index contributed by atoms with van der Waals surface area (Å²) in [6, 6.07) is 0. The molecular formula is C7H18N2O. The number of rotatable bonds is 4. The second-order valence-electron chi connectivity index (χ2n) is 1.81. The molecule has 3 nitrogen and oxygen atoms in total. The fourth-order valence-corrected chi connectivity index (χ4v) is 0.341. The summed E-state index contributed by atoms with van der Waals surface area (Å²) in [5.74, 6) is 0. The standard InChI is InChI=1S/C4H11N.C3H7NO/c1-3-5-4-2;1-2-3-4-5/h5H,3-4H2,1-2H3;2-3H2,1H3. The molecule has 62 valence electrons. The Morgan fingerprint density at radius 3 is 1.70 bits per heavy atom. The second kappa shape index (κ2) is 15.8. The topological polar surface area (TPSA) is 41.5 Å². The molecule has 0 heterocycles. The van der Waals surface area contributed by atoms with Crippen molar-refractivity contribution in [3.05, 3.63) is 4.91 Å². The van der Waals surface area contributed by atoms with E-state index in [0.29, 0.717) is 6.54 Å². The van der Waals surface area contributed by atoms with Crippen molar-refractivity contribution in [3.8, 4) is 0 Å². The third-order valence-corrected chi connectivity index (χ3v) is 0.815. The molecule has 0 aliphatic heterocycles. The molecular weight excluding hydrogens is 128 g/mol. The van der Waals surface area contributed by atoms with Crippen molar-refractivity contribution in [2.24, 2.45) is 5.18 Å². The summed E-state index contributed by atoms with van der Waals surface area (Å²) >= 11 is 0. The van der Waals surface area contributed by atoms with E-state index in [1.807, 2.05) is 6.92 Å². The van der Waals surface area contributed by atoms with Gasteiger partial charge in [-0.05, 0) is 19.5 Å². The molecule has 0 aromatic rings. The van der Waals surface area contributed by atoms with Crippen LogP contribution in [0.5, 0.6) is 0 Å². The minimum Gasteiger partial charge on any atom is -0.317 e. The molecule has 0 radical (unpaired) electrons. The summed E-state index contributed by atoms with van der Waals surface area (Å²) in [5, 5.41) is 5.72. The summed E-state index contributed by atoms with van der Waals surface area (Å²) < 4.78 is 0. The van der Waals surface area contributed by atoms with E-state index < -0.39 is 0 Å². The Balaban J connectivity index is 0. The normalized spacial score (nSPS) is 7.90. The maximum atomic E-state index is 9.15. The summed E-state index contributed by atoms with van der Waals surface area (Å²) in [7, 11) is 0. The monoisotopic (exact) mass is 146 g/mol. The van der Waals surface area contributed by atoms with Gasteiger partial charge in [-0.25, -0.2) is 0 Å². The first-order valence-electron chi connectivity index (χ1n) is 3.83. The van der Waals surface area contributed by atoms with Gasteiger partial charge in [-0.3, -0.25) is 0 Å². The Kier molecular flexibility index (Phi) is 19.4. The van der Waals surface area contributed by atoms with Crippen molar-refractivity contribution in [1.29, 1.82) is 0 Å². The van der Waals surface area contributed by atoms with Crippen LogP contribution in [0.25, 0.3) is 0 Å². The molecule has 1 N–H and O–H groups in total. The molecule has 0 bridgehead atoms. The molecule has 3 heteroatoms. The van der Waals surface area contributed by atoms with Crippen LogP contribution in [0, 0.1) is 4.91 Å². The molecule has 0 aliphatic rings. The maximum absolute atomic E-state index is 9.15. The Morgan fingerprint density at radius 1 is 1.20 bits per heavy atom. The van der Waals surface area contributed by atoms with Crippen molar-refractivity contribution < 1.29 is 0 Å². The van der Waals surface area contributed by atoms with E-state index in [-0.39, 0.29) is 0 Å². The van der Waals surface area contributed by atoms with Crippen LogP contribution in [0.15, 0.2) is 5.18 Å². The number of hydrogen-bond acceptors (Lipinski definition) is 3. The predicted octanol–water partition coefficient (Wildman–Crippen LogP) is 1.78. The number of nitroso groups, excluding NO2 is 1. The average molecular weight is 146 g/mol. The highest BCUT2D eigenvalue weighted by Gasteiger charge is 1.66. The Hall–Kier alpha value is -0.440. The zero-order valence-corrected chi connectivity index (χ0v) is 7.18. The largest absolute Gasteiger partial charge is 0.317 e. The first-order valence-corrected chi connectivity index (χ1v) is 3.83. The van der Waals surface area contributed by atoms with E-state index in [9.17, 15) is 0 Å². The Labute approximate surface area is 63.2 Å². The van der Waals surface area contributed by atoms with Crippen molar-refractivity contribution in [2.75, 3.05) is 19.6 Å². The zero-order chi connectivity index (χ0) is 8.24. The van der Waals surface area contributed by atoms with Crippen LogP contribution in [-0.2, 0) is 0 Å². The van der Waals surface area contributed by atoms with Gasteiger partial charge in [0, 0.05) is 0 Å². The second-order valence-corrected chi connectivity index (χ2v) is 1.81. The van der Waals surface area contributed by atoms with Crippen molar-refractivity contribution in [2.45, 2.75) is 27.2 Å². The SMILES string of the molecule is CCCN=O.CCNCC. The maximum Gasteiger partial charge on any atom is 0.0808 e. The van der Waals surface area contributed by atoms with Gasteiger partial charge in [0.25, 0.3) is 0 Å². The van der Waals surface area contributed by atoms with Gasteiger partial charge in [0.15, 0.2) is 0 Å².